The van der Waals surface area contributed by atoms with Crippen molar-refractivity contribution in [3.05, 3.63) is 44.6 Å². The van der Waals surface area contributed by atoms with Crippen LogP contribution in [0.3, 0.4) is 0 Å². The van der Waals surface area contributed by atoms with E-state index in [1.165, 1.54) is 22.0 Å². The second-order valence-electron chi connectivity index (χ2n) is 4.16. The molecule has 0 atom stereocenters. The molecule has 1 aromatic carbocycles. The van der Waals surface area contributed by atoms with E-state index < -0.39 is 11.6 Å². The van der Waals surface area contributed by atoms with Crippen LogP contribution < -0.4 is 0 Å². The molecule has 0 spiro atoms. The number of nitrogens with one attached hydrogen (secondary N) is 1. The Labute approximate surface area is 116 Å². The van der Waals surface area contributed by atoms with Crippen LogP contribution in [-0.4, -0.2) is 14.5 Å². The number of aromatic nitrogens is 3. The average Bonchev–Trinajstić information content (AvgIpc) is 2.90. The zero-order valence-corrected chi connectivity index (χ0v) is 11.5. The Morgan fingerprint density at radius 3 is 2.89 bits per heavy atom. The number of nitrogens with zero attached hydrogens (tertiary/aromatic N) is 2. The summed E-state index contributed by atoms with van der Waals surface area (Å²) in [5.41, 5.74) is 1.54. The first-order chi connectivity index (χ1) is 9.06. The van der Waals surface area contributed by atoms with Gasteiger partial charge in [-0.3, -0.25) is 0 Å². The van der Waals surface area contributed by atoms with Gasteiger partial charge in [0, 0.05) is 11.1 Å². The summed E-state index contributed by atoms with van der Waals surface area (Å²) in [6.45, 7) is 2.21. The van der Waals surface area contributed by atoms with E-state index in [9.17, 15) is 8.78 Å². The monoisotopic (exact) mass is 297 g/mol. The van der Waals surface area contributed by atoms with Gasteiger partial charge in [-0.1, -0.05) is 0 Å². The van der Waals surface area contributed by atoms with Crippen molar-refractivity contribution < 1.29 is 8.78 Å². The molecule has 0 bridgehead atoms. The fourth-order valence-corrected chi connectivity index (χ4v) is 2.98. The summed E-state index contributed by atoms with van der Waals surface area (Å²) in [4.78, 5) is 7.18. The third-order valence-electron chi connectivity index (χ3n) is 2.79. The SMILES string of the molecule is Cc1csc(Cn2c(=S)[nH]c3ccc(F)c(F)c32)n1. The highest BCUT2D eigenvalue weighted by Gasteiger charge is 2.14. The molecule has 0 saturated heterocycles. The maximum atomic E-state index is 13.9. The van der Waals surface area contributed by atoms with E-state index in [0.29, 0.717) is 16.8 Å². The number of aromatic amines is 1. The predicted molar refractivity (Wildman–Crippen MR) is 73.0 cm³/mol. The van der Waals surface area contributed by atoms with Crippen LogP contribution in [0.4, 0.5) is 8.78 Å². The first-order valence-electron chi connectivity index (χ1n) is 5.54. The zero-order valence-electron chi connectivity index (χ0n) is 9.91. The lowest BCUT2D eigenvalue weighted by molar-refractivity contribution is 0.512. The molecule has 2 heterocycles. The fourth-order valence-electron chi connectivity index (χ4n) is 1.95. The minimum Gasteiger partial charge on any atom is -0.330 e. The summed E-state index contributed by atoms with van der Waals surface area (Å²) in [6, 6.07) is 2.56. The molecule has 98 valence electrons. The van der Waals surface area contributed by atoms with Gasteiger partial charge in [0.25, 0.3) is 0 Å². The van der Waals surface area contributed by atoms with Crippen molar-refractivity contribution in [3.8, 4) is 0 Å². The lowest BCUT2D eigenvalue weighted by Gasteiger charge is -2.03. The van der Waals surface area contributed by atoms with Crippen molar-refractivity contribution in [2.75, 3.05) is 0 Å². The number of benzene rings is 1. The van der Waals surface area contributed by atoms with Gasteiger partial charge in [-0.2, -0.15) is 0 Å². The number of halogens is 2. The molecule has 0 radical (unpaired) electrons. The summed E-state index contributed by atoms with van der Waals surface area (Å²) in [5, 5.41) is 2.71. The molecule has 0 aliphatic heterocycles. The highest BCUT2D eigenvalue weighted by atomic mass is 32.1. The number of imidazole rings is 1. The van der Waals surface area contributed by atoms with Crippen molar-refractivity contribution >= 4 is 34.6 Å². The van der Waals surface area contributed by atoms with Crippen LogP contribution in [-0.2, 0) is 6.54 Å². The zero-order chi connectivity index (χ0) is 13.6. The summed E-state index contributed by atoms with van der Waals surface area (Å²) in [5.74, 6) is -1.77. The van der Waals surface area contributed by atoms with Crippen LogP contribution in [0.25, 0.3) is 11.0 Å². The van der Waals surface area contributed by atoms with Gasteiger partial charge in [0.1, 0.15) is 10.5 Å². The lowest BCUT2D eigenvalue weighted by Crippen LogP contribution is -2.01. The molecule has 0 fully saturated rings. The minimum absolute atomic E-state index is 0.151. The molecule has 0 saturated carbocycles. The highest BCUT2D eigenvalue weighted by molar-refractivity contribution is 7.71. The third kappa shape index (κ3) is 2.08. The number of rotatable bonds is 2. The Balaban J connectivity index is 2.20. The Morgan fingerprint density at radius 1 is 1.42 bits per heavy atom. The standard InChI is InChI=1S/C12H9F2N3S2/c1-6-5-19-9(15-6)4-17-11-8(16-12(17)18)3-2-7(13)10(11)14/h2-3,5H,4H2,1H3,(H,16,18). The fraction of sp³-hybridized carbons (Fsp3) is 0.167. The summed E-state index contributed by atoms with van der Waals surface area (Å²) < 4.78 is 29.1. The van der Waals surface area contributed by atoms with E-state index in [1.54, 1.807) is 0 Å². The number of hydrogen-bond donors (Lipinski definition) is 1. The summed E-state index contributed by atoms with van der Waals surface area (Å²) >= 11 is 6.62. The molecule has 19 heavy (non-hydrogen) atoms. The minimum atomic E-state index is -0.891. The smallest absolute Gasteiger partial charge is 0.184 e. The van der Waals surface area contributed by atoms with Gasteiger partial charge in [0.15, 0.2) is 16.4 Å². The molecule has 0 aliphatic carbocycles. The van der Waals surface area contributed by atoms with E-state index >= 15 is 0 Å². The normalized spacial score (nSPS) is 11.3. The van der Waals surface area contributed by atoms with Crippen molar-refractivity contribution in [2.45, 2.75) is 13.5 Å². The quantitative estimate of drug-likeness (QED) is 0.730. The van der Waals surface area contributed by atoms with Crippen LogP contribution >= 0.6 is 23.6 Å². The Morgan fingerprint density at radius 2 is 2.21 bits per heavy atom. The molecular weight excluding hydrogens is 288 g/mol. The molecule has 0 aliphatic rings. The lowest BCUT2D eigenvalue weighted by atomic mass is 10.3. The van der Waals surface area contributed by atoms with Crippen molar-refractivity contribution in [1.82, 2.24) is 14.5 Å². The van der Waals surface area contributed by atoms with Gasteiger partial charge in [-0.15, -0.1) is 11.3 Å². The van der Waals surface area contributed by atoms with Gasteiger partial charge < -0.3 is 9.55 Å². The van der Waals surface area contributed by atoms with Crippen molar-refractivity contribution in [2.24, 2.45) is 0 Å². The molecule has 1 N–H and O–H groups in total. The summed E-state index contributed by atoms with van der Waals surface area (Å²) in [6.07, 6.45) is 0. The van der Waals surface area contributed by atoms with Gasteiger partial charge in [0.2, 0.25) is 0 Å². The van der Waals surface area contributed by atoms with E-state index in [2.05, 4.69) is 9.97 Å². The maximum absolute atomic E-state index is 13.9. The van der Waals surface area contributed by atoms with Crippen molar-refractivity contribution in [3.63, 3.8) is 0 Å². The van der Waals surface area contributed by atoms with Crippen LogP contribution in [0.1, 0.15) is 10.7 Å². The van der Waals surface area contributed by atoms with Crippen LogP contribution in [0.5, 0.6) is 0 Å². The number of aryl methyl sites for hydroxylation is 1. The first kappa shape index (κ1) is 12.4. The molecule has 7 heteroatoms. The molecule has 3 rings (SSSR count). The summed E-state index contributed by atoms with van der Waals surface area (Å²) in [7, 11) is 0. The maximum Gasteiger partial charge on any atom is 0.184 e. The van der Waals surface area contributed by atoms with E-state index in [-0.39, 0.29) is 5.52 Å². The third-order valence-corrected chi connectivity index (χ3v) is 4.06. The van der Waals surface area contributed by atoms with Gasteiger partial charge in [-0.05, 0) is 31.3 Å². The second kappa shape index (κ2) is 4.50. The predicted octanol–water partition coefficient (Wildman–Crippen LogP) is 3.79. The largest absolute Gasteiger partial charge is 0.330 e. The van der Waals surface area contributed by atoms with Crippen LogP contribution in [0, 0.1) is 23.3 Å². The number of hydrogen-bond acceptors (Lipinski definition) is 3. The van der Waals surface area contributed by atoms with Gasteiger partial charge in [0.05, 0.1) is 12.1 Å². The Hall–Kier alpha value is -1.60. The molecule has 0 unspecified atom stereocenters. The molecule has 3 aromatic rings. The highest BCUT2D eigenvalue weighted by Crippen LogP contribution is 2.22. The number of H-pyrrole nitrogens is 1. The van der Waals surface area contributed by atoms with Gasteiger partial charge >= 0.3 is 0 Å². The van der Waals surface area contributed by atoms with Crippen LogP contribution in [0.15, 0.2) is 17.5 Å². The molecule has 3 nitrogen and oxygen atoms in total. The first-order valence-corrected chi connectivity index (χ1v) is 6.82. The Kier molecular flexibility index (Phi) is 2.94. The van der Waals surface area contributed by atoms with Gasteiger partial charge in [-0.25, -0.2) is 13.8 Å². The number of thiazole rings is 1. The number of fused-ring (bicyclic) bond motifs is 1. The van der Waals surface area contributed by atoms with E-state index in [1.807, 2.05) is 12.3 Å². The molecular formula is C12H9F2N3S2. The van der Waals surface area contributed by atoms with Crippen molar-refractivity contribution in [1.29, 1.82) is 0 Å². The second-order valence-corrected chi connectivity index (χ2v) is 5.49. The topological polar surface area (TPSA) is 33.6 Å². The Bertz CT molecular complexity index is 816. The molecule has 2 aromatic heterocycles. The van der Waals surface area contributed by atoms with Crippen LogP contribution in [0.2, 0.25) is 0 Å². The van der Waals surface area contributed by atoms with E-state index in [0.717, 1.165) is 16.8 Å². The average molecular weight is 297 g/mol. The molecule has 0 amide bonds. The van der Waals surface area contributed by atoms with E-state index in [4.69, 9.17) is 12.2 Å².